The summed E-state index contributed by atoms with van der Waals surface area (Å²) in [6.45, 7) is 7.26. The quantitative estimate of drug-likeness (QED) is 0.696. The summed E-state index contributed by atoms with van der Waals surface area (Å²) in [7, 11) is 4.60. The summed E-state index contributed by atoms with van der Waals surface area (Å²) >= 11 is 0. The Hall–Kier alpha value is -2.77. The molecule has 7 heteroatoms. The molecule has 168 valence electrons. The summed E-state index contributed by atoms with van der Waals surface area (Å²) in [5.41, 5.74) is 2.74. The molecule has 0 bridgehead atoms. The monoisotopic (exact) mass is 428 g/mol. The molecule has 1 saturated heterocycles. The Kier molecular flexibility index (Phi) is 7.76. The number of hydrogen-bond donors (Lipinski definition) is 1. The van der Waals surface area contributed by atoms with Crippen LogP contribution >= 0.6 is 0 Å². The molecule has 0 spiro atoms. The van der Waals surface area contributed by atoms with Gasteiger partial charge in [-0.2, -0.15) is 0 Å². The van der Waals surface area contributed by atoms with Crippen LogP contribution in [0.2, 0.25) is 0 Å². The van der Waals surface area contributed by atoms with Crippen molar-refractivity contribution < 1.29 is 23.7 Å². The van der Waals surface area contributed by atoms with E-state index in [0.29, 0.717) is 29.4 Å². The van der Waals surface area contributed by atoms with Crippen LogP contribution in [0.3, 0.4) is 0 Å². The van der Waals surface area contributed by atoms with E-state index in [0.717, 1.165) is 25.2 Å². The first-order valence-electron chi connectivity index (χ1n) is 10.5. The molecule has 1 fully saturated rings. The number of carbonyl (C=O) groups excluding carboxylic acids is 1. The van der Waals surface area contributed by atoms with Crippen molar-refractivity contribution in [3.8, 4) is 17.2 Å². The van der Waals surface area contributed by atoms with Crippen molar-refractivity contribution in [1.29, 1.82) is 0 Å². The number of rotatable bonds is 8. The van der Waals surface area contributed by atoms with Crippen molar-refractivity contribution in [2.75, 3.05) is 34.4 Å². The van der Waals surface area contributed by atoms with E-state index in [9.17, 15) is 4.79 Å². The summed E-state index contributed by atoms with van der Waals surface area (Å²) < 4.78 is 21.9. The van der Waals surface area contributed by atoms with E-state index >= 15 is 0 Å². The van der Waals surface area contributed by atoms with Gasteiger partial charge in [0.1, 0.15) is 0 Å². The standard InChI is InChI=1S/C24H32N2O5/c1-16-13-26(14-17(2)31-16)15-19-9-7-6-8-18(19)12-25-24(27)20-10-21(28-3)23(30-5)22(11-20)29-4/h6-11,16-17H,12-15H2,1-5H3,(H,25,27)/t16-,17-/m1/s1. The van der Waals surface area contributed by atoms with Crippen molar-refractivity contribution in [3.05, 3.63) is 53.1 Å². The fraction of sp³-hybridized carbons (Fsp3) is 0.458. The second-order valence-electron chi connectivity index (χ2n) is 7.82. The summed E-state index contributed by atoms with van der Waals surface area (Å²) in [5, 5.41) is 3.02. The minimum absolute atomic E-state index is 0.206. The number of benzene rings is 2. The van der Waals surface area contributed by atoms with Gasteiger partial charge in [0.25, 0.3) is 5.91 Å². The van der Waals surface area contributed by atoms with E-state index < -0.39 is 0 Å². The molecular weight excluding hydrogens is 396 g/mol. The zero-order chi connectivity index (χ0) is 22.4. The number of morpholine rings is 1. The second kappa shape index (κ2) is 10.5. The number of hydrogen-bond acceptors (Lipinski definition) is 6. The van der Waals surface area contributed by atoms with E-state index in [-0.39, 0.29) is 18.1 Å². The number of carbonyl (C=O) groups is 1. The maximum absolute atomic E-state index is 12.9. The van der Waals surface area contributed by atoms with Crippen LogP contribution in [0.1, 0.15) is 35.3 Å². The Morgan fingerprint density at radius 3 is 2.13 bits per heavy atom. The highest BCUT2D eigenvalue weighted by molar-refractivity contribution is 5.95. The highest BCUT2D eigenvalue weighted by atomic mass is 16.5. The number of nitrogens with zero attached hydrogens (tertiary/aromatic N) is 1. The average molecular weight is 429 g/mol. The lowest BCUT2D eigenvalue weighted by atomic mass is 10.1. The first-order chi connectivity index (χ1) is 14.9. The van der Waals surface area contributed by atoms with Crippen LogP contribution in [0.4, 0.5) is 0 Å². The Labute approximate surface area is 184 Å². The van der Waals surface area contributed by atoms with Gasteiger partial charge in [0.2, 0.25) is 5.75 Å². The molecule has 3 rings (SSSR count). The van der Waals surface area contributed by atoms with Gasteiger partial charge in [-0.3, -0.25) is 9.69 Å². The Morgan fingerprint density at radius 1 is 1.00 bits per heavy atom. The molecule has 0 unspecified atom stereocenters. The predicted octanol–water partition coefficient (Wildman–Crippen LogP) is 3.25. The zero-order valence-corrected chi connectivity index (χ0v) is 18.9. The maximum Gasteiger partial charge on any atom is 0.251 e. The molecule has 2 aromatic rings. The summed E-state index contributed by atoms with van der Waals surface area (Å²) in [5.74, 6) is 1.15. The Balaban J connectivity index is 1.71. The van der Waals surface area contributed by atoms with Gasteiger partial charge in [-0.05, 0) is 37.1 Å². The van der Waals surface area contributed by atoms with Crippen molar-refractivity contribution in [2.45, 2.75) is 39.1 Å². The molecule has 2 aromatic carbocycles. The lowest BCUT2D eigenvalue weighted by Crippen LogP contribution is -2.45. The number of ether oxygens (including phenoxy) is 4. The van der Waals surface area contributed by atoms with Gasteiger partial charge < -0.3 is 24.3 Å². The fourth-order valence-electron chi connectivity index (χ4n) is 4.03. The molecule has 1 aliphatic heterocycles. The highest BCUT2D eigenvalue weighted by Gasteiger charge is 2.23. The lowest BCUT2D eigenvalue weighted by molar-refractivity contribution is -0.0705. The van der Waals surface area contributed by atoms with Crippen LogP contribution in [0.5, 0.6) is 17.2 Å². The van der Waals surface area contributed by atoms with Crippen molar-refractivity contribution >= 4 is 5.91 Å². The lowest BCUT2D eigenvalue weighted by Gasteiger charge is -2.35. The molecule has 1 heterocycles. The largest absolute Gasteiger partial charge is 0.493 e. The average Bonchev–Trinajstić information content (AvgIpc) is 2.76. The molecule has 0 aliphatic carbocycles. The molecule has 31 heavy (non-hydrogen) atoms. The SMILES string of the molecule is COc1cc(C(=O)NCc2ccccc2CN2C[C@@H](C)O[C@H](C)C2)cc(OC)c1OC. The molecule has 1 N–H and O–H groups in total. The minimum atomic E-state index is -0.206. The number of nitrogens with one attached hydrogen (secondary N) is 1. The number of methoxy groups -OCH3 is 3. The van der Waals surface area contributed by atoms with Gasteiger partial charge >= 0.3 is 0 Å². The predicted molar refractivity (Wildman–Crippen MR) is 119 cm³/mol. The summed E-state index contributed by atoms with van der Waals surface area (Å²) in [6.07, 6.45) is 0.436. The first kappa shape index (κ1) is 22.9. The third kappa shape index (κ3) is 5.68. The van der Waals surface area contributed by atoms with Gasteiger partial charge in [0, 0.05) is 31.7 Å². The smallest absolute Gasteiger partial charge is 0.251 e. The van der Waals surface area contributed by atoms with Crippen LogP contribution < -0.4 is 19.5 Å². The van der Waals surface area contributed by atoms with Gasteiger partial charge in [-0.1, -0.05) is 24.3 Å². The highest BCUT2D eigenvalue weighted by Crippen LogP contribution is 2.38. The van der Waals surface area contributed by atoms with Crippen LogP contribution in [0.15, 0.2) is 36.4 Å². The third-order valence-corrected chi connectivity index (χ3v) is 5.37. The Morgan fingerprint density at radius 2 is 1.58 bits per heavy atom. The van der Waals surface area contributed by atoms with E-state index in [4.69, 9.17) is 18.9 Å². The molecule has 0 radical (unpaired) electrons. The topological polar surface area (TPSA) is 69.3 Å². The second-order valence-corrected chi connectivity index (χ2v) is 7.82. The molecule has 2 atom stereocenters. The van der Waals surface area contributed by atoms with Crippen LogP contribution in [-0.4, -0.2) is 57.4 Å². The van der Waals surface area contributed by atoms with Gasteiger partial charge in [-0.15, -0.1) is 0 Å². The zero-order valence-electron chi connectivity index (χ0n) is 18.9. The van der Waals surface area contributed by atoms with Crippen LogP contribution in [0.25, 0.3) is 0 Å². The van der Waals surface area contributed by atoms with Gasteiger partial charge in [0.05, 0.1) is 33.5 Å². The van der Waals surface area contributed by atoms with Gasteiger partial charge in [-0.25, -0.2) is 0 Å². The van der Waals surface area contributed by atoms with Crippen molar-refractivity contribution in [3.63, 3.8) is 0 Å². The summed E-state index contributed by atoms with van der Waals surface area (Å²) in [6, 6.07) is 11.5. The molecular formula is C24H32N2O5. The maximum atomic E-state index is 12.9. The van der Waals surface area contributed by atoms with Crippen molar-refractivity contribution in [1.82, 2.24) is 10.2 Å². The van der Waals surface area contributed by atoms with E-state index in [1.54, 1.807) is 12.1 Å². The first-order valence-corrected chi connectivity index (χ1v) is 10.5. The van der Waals surface area contributed by atoms with E-state index in [1.807, 2.05) is 12.1 Å². The molecule has 7 nitrogen and oxygen atoms in total. The fourth-order valence-corrected chi connectivity index (χ4v) is 4.03. The molecule has 1 amide bonds. The van der Waals surface area contributed by atoms with Gasteiger partial charge in [0.15, 0.2) is 11.5 Å². The molecule has 1 aliphatic rings. The minimum Gasteiger partial charge on any atom is -0.493 e. The number of amides is 1. The van der Waals surface area contributed by atoms with Crippen LogP contribution in [-0.2, 0) is 17.8 Å². The van der Waals surface area contributed by atoms with Crippen molar-refractivity contribution in [2.24, 2.45) is 0 Å². The third-order valence-electron chi connectivity index (χ3n) is 5.37. The summed E-state index contributed by atoms with van der Waals surface area (Å²) in [4.78, 5) is 15.3. The normalized spacial score (nSPS) is 19.0. The van der Waals surface area contributed by atoms with E-state index in [1.165, 1.54) is 26.9 Å². The van der Waals surface area contributed by atoms with Crippen LogP contribution in [0, 0.1) is 0 Å². The molecule has 0 saturated carbocycles. The van der Waals surface area contributed by atoms with E-state index in [2.05, 4.69) is 36.2 Å². The molecule has 0 aromatic heterocycles. The Bertz CT molecular complexity index is 866.